The highest BCUT2D eigenvalue weighted by molar-refractivity contribution is 7.93. The van der Waals surface area contributed by atoms with E-state index in [1.165, 1.54) is 54.5 Å². The Morgan fingerprint density at radius 2 is 1.44 bits per heavy atom. The number of hydrogen-bond acceptors (Lipinski definition) is 6. The SMILES string of the molecule is COc1ccc(S(=O)(=O)Nc2ccc(S(=O)(=O)Nc3c(C)cccc3C)cc2)cc1N1CCCC1=O. The Morgan fingerprint density at radius 3 is 2.03 bits per heavy atom. The second kappa shape index (κ2) is 9.82. The predicted octanol–water partition coefficient (Wildman–Crippen LogP) is 4.04. The average molecular weight is 530 g/mol. The fraction of sp³-hybridized carbons (Fsp3) is 0.240. The van der Waals surface area contributed by atoms with Crippen molar-refractivity contribution in [3.8, 4) is 5.75 Å². The maximum absolute atomic E-state index is 13.1. The molecule has 1 aliphatic heterocycles. The van der Waals surface area contributed by atoms with Crippen LogP contribution in [0.5, 0.6) is 5.75 Å². The zero-order chi connectivity index (χ0) is 26.1. The third kappa shape index (κ3) is 5.17. The van der Waals surface area contributed by atoms with Crippen LogP contribution in [0.3, 0.4) is 0 Å². The smallest absolute Gasteiger partial charge is 0.261 e. The molecule has 0 atom stereocenters. The van der Waals surface area contributed by atoms with Crippen LogP contribution in [0, 0.1) is 13.8 Å². The van der Waals surface area contributed by atoms with E-state index < -0.39 is 20.0 Å². The minimum atomic E-state index is -4.02. The number of amides is 1. The molecule has 1 amide bonds. The van der Waals surface area contributed by atoms with Gasteiger partial charge >= 0.3 is 0 Å². The number of carbonyl (C=O) groups excluding carboxylic acids is 1. The normalized spacial score (nSPS) is 14.1. The molecule has 1 heterocycles. The zero-order valence-electron chi connectivity index (χ0n) is 20.1. The van der Waals surface area contributed by atoms with Gasteiger partial charge in [-0.1, -0.05) is 18.2 Å². The van der Waals surface area contributed by atoms with Crippen molar-refractivity contribution in [2.24, 2.45) is 0 Å². The molecule has 3 aromatic carbocycles. The second-order valence-electron chi connectivity index (χ2n) is 8.48. The predicted molar refractivity (Wildman–Crippen MR) is 139 cm³/mol. The summed E-state index contributed by atoms with van der Waals surface area (Å²) in [6.07, 6.45) is 1.08. The summed E-state index contributed by atoms with van der Waals surface area (Å²) in [6, 6.07) is 15.2. The summed E-state index contributed by atoms with van der Waals surface area (Å²) < 4.78 is 62.3. The monoisotopic (exact) mass is 529 g/mol. The topological polar surface area (TPSA) is 122 Å². The Balaban J connectivity index is 1.56. The van der Waals surface area contributed by atoms with Crippen LogP contribution in [0.2, 0.25) is 0 Å². The number of carbonyl (C=O) groups is 1. The molecule has 0 saturated carbocycles. The average Bonchev–Trinajstić information content (AvgIpc) is 3.27. The summed E-state index contributed by atoms with van der Waals surface area (Å²) >= 11 is 0. The maximum atomic E-state index is 13.1. The van der Waals surface area contributed by atoms with Crippen LogP contribution in [0.4, 0.5) is 17.1 Å². The van der Waals surface area contributed by atoms with Crippen molar-refractivity contribution in [2.75, 3.05) is 28.0 Å². The molecule has 0 aliphatic carbocycles. The highest BCUT2D eigenvalue weighted by Gasteiger charge is 2.27. The summed E-state index contributed by atoms with van der Waals surface area (Å²) in [4.78, 5) is 13.7. The lowest BCUT2D eigenvalue weighted by Crippen LogP contribution is -2.25. The Labute approximate surface area is 211 Å². The number of nitrogens with zero attached hydrogens (tertiary/aromatic N) is 1. The molecule has 36 heavy (non-hydrogen) atoms. The van der Waals surface area contributed by atoms with Gasteiger partial charge in [0, 0.05) is 18.7 Å². The molecule has 11 heteroatoms. The molecule has 2 N–H and O–H groups in total. The first-order chi connectivity index (χ1) is 17.0. The summed E-state index contributed by atoms with van der Waals surface area (Å²) in [7, 11) is -6.45. The molecule has 1 fully saturated rings. The molecule has 4 rings (SSSR count). The van der Waals surface area contributed by atoms with Gasteiger partial charge in [-0.15, -0.1) is 0 Å². The van der Waals surface area contributed by atoms with Gasteiger partial charge in [0.05, 0.1) is 28.3 Å². The van der Waals surface area contributed by atoms with E-state index in [9.17, 15) is 21.6 Å². The highest BCUT2D eigenvalue weighted by Crippen LogP contribution is 2.34. The van der Waals surface area contributed by atoms with Crippen LogP contribution < -0.4 is 19.1 Å². The van der Waals surface area contributed by atoms with Gasteiger partial charge in [-0.3, -0.25) is 14.2 Å². The van der Waals surface area contributed by atoms with Crippen molar-refractivity contribution in [1.29, 1.82) is 0 Å². The lowest BCUT2D eigenvalue weighted by atomic mass is 10.1. The van der Waals surface area contributed by atoms with E-state index in [1.54, 1.807) is 0 Å². The number of rotatable bonds is 8. The van der Waals surface area contributed by atoms with Gasteiger partial charge in [0.2, 0.25) is 5.91 Å². The van der Waals surface area contributed by atoms with Crippen LogP contribution in [-0.2, 0) is 24.8 Å². The number of methoxy groups -OCH3 is 1. The van der Waals surface area contributed by atoms with Crippen molar-refractivity contribution in [3.63, 3.8) is 0 Å². The molecule has 1 aliphatic rings. The summed E-state index contributed by atoms with van der Waals surface area (Å²) in [5.74, 6) is 0.303. The molecule has 0 spiro atoms. The quantitative estimate of drug-likeness (QED) is 0.454. The minimum Gasteiger partial charge on any atom is -0.495 e. The number of hydrogen-bond donors (Lipinski definition) is 2. The lowest BCUT2D eigenvalue weighted by molar-refractivity contribution is -0.117. The van der Waals surface area contributed by atoms with Crippen LogP contribution in [0.25, 0.3) is 0 Å². The van der Waals surface area contributed by atoms with E-state index in [4.69, 9.17) is 4.74 Å². The van der Waals surface area contributed by atoms with E-state index in [0.717, 1.165) is 11.1 Å². The van der Waals surface area contributed by atoms with Crippen molar-refractivity contribution < 1.29 is 26.4 Å². The van der Waals surface area contributed by atoms with Crippen LogP contribution in [0.15, 0.2) is 70.5 Å². The van der Waals surface area contributed by atoms with Gasteiger partial charge in [0.15, 0.2) is 0 Å². The van der Waals surface area contributed by atoms with Gasteiger partial charge in [0.25, 0.3) is 20.0 Å². The Bertz CT molecular complexity index is 1500. The minimum absolute atomic E-state index is 0.00706. The zero-order valence-corrected chi connectivity index (χ0v) is 21.7. The number of sulfonamides is 2. The molecule has 0 bridgehead atoms. The first kappa shape index (κ1) is 25.5. The van der Waals surface area contributed by atoms with E-state index in [0.29, 0.717) is 36.5 Å². The third-order valence-electron chi connectivity index (χ3n) is 5.96. The van der Waals surface area contributed by atoms with Crippen molar-refractivity contribution >= 4 is 43.0 Å². The Kier molecular flexibility index (Phi) is 6.96. The maximum Gasteiger partial charge on any atom is 0.261 e. The third-order valence-corrected chi connectivity index (χ3v) is 8.70. The first-order valence-corrected chi connectivity index (χ1v) is 14.2. The molecule has 9 nitrogen and oxygen atoms in total. The summed E-state index contributed by atoms with van der Waals surface area (Å²) in [5, 5.41) is 0. The van der Waals surface area contributed by atoms with Gasteiger partial charge in [-0.25, -0.2) is 16.8 Å². The Hall–Kier alpha value is -3.57. The van der Waals surface area contributed by atoms with Gasteiger partial charge < -0.3 is 9.64 Å². The van der Waals surface area contributed by atoms with Gasteiger partial charge in [0.1, 0.15) is 5.75 Å². The number of ether oxygens (including phenoxy) is 1. The van der Waals surface area contributed by atoms with E-state index in [2.05, 4.69) is 9.44 Å². The van der Waals surface area contributed by atoms with Crippen LogP contribution in [-0.4, -0.2) is 36.4 Å². The number of para-hydroxylation sites is 1. The fourth-order valence-electron chi connectivity index (χ4n) is 4.04. The fourth-order valence-corrected chi connectivity index (χ4v) is 6.32. The van der Waals surface area contributed by atoms with Crippen molar-refractivity contribution in [3.05, 3.63) is 71.8 Å². The van der Waals surface area contributed by atoms with E-state index >= 15 is 0 Å². The van der Waals surface area contributed by atoms with Crippen LogP contribution >= 0.6 is 0 Å². The molecule has 0 radical (unpaired) electrons. The van der Waals surface area contributed by atoms with Crippen molar-refractivity contribution in [2.45, 2.75) is 36.5 Å². The number of aryl methyl sites for hydroxylation is 2. The van der Waals surface area contributed by atoms with Gasteiger partial charge in [-0.05, 0) is 73.9 Å². The molecular weight excluding hydrogens is 502 g/mol. The Morgan fingerprint density at radius 1 is 0.833 bits per heavy atom. The number of benzene rings is 3. The molecular formula is C25H27N3O6S2. The van der Waals surface area contributed by atoms with E-state index in [-0.39, 0.29) is 21.4 Å². The highest BCUT2D eigenvalue weighted by atomic mass is 32.2. The summed E-state index contributed by atoms with van der Waals surface area (Å²) in [5.41, 5.74) is 2.67. The standard InChI is InChI=1S/C25H27N3O6S2/c1-17-6-4-7-18(2)25(17)27-35(30,31)20-11-9-19(10-12-20)26-36(32,33)21-13-14-23(34-3)22(16-21)28-15-5-8-24(28)29/h4,6-7,9-14,16,26-27H,5,8,15H2,1-3H3. The molecule has 0 unspecified atom stereocenters. The number of nitrogens with one attached hydrogen (secondary N) is 2. The van der Waals surface area contributed by atoms with E-state index in [1.807, 2.05) is 32.0 Å². The first-order valence-electron chi connectivity index (χ1n) is 11.2. The molecule has 190 valence electrons. The summed E-state index contributed by atoms with van der Waals surface area (Å²) in [6.45, 7) is 4.11. The number of anilines is 3. The van der Waals surface area contributed by atoms with Crippen LogP contribution in [0.1, 0.15) is 24.0 Å². The largest absolute Gasteiger partial charge is 0.495 e. The second-order valence-corrected chi connectivity index (χ2v) is 11.8. The molecule has 3 aromatic rings. The van der Waals surface area contributed by atoms with Gasteiger partial charge in [-0.2, -0.15) is 0 Å². The lowest BCUT2D eigenvalue weighted by Gasteiger charge is -2.20. The van der Waals surface area contributed by atoms with Crippen molar-refractivity contribution in [1.82, 2.24) is 0 Å². The molecule has 1 saturated heterocycles. The molecule has 0 aromatic heterocycles.